The number of aliphatic hydroxyl groups excluding tert-OH is 2. The topological polar surface area (TPSA) is 250 Å². The second kappa shape index (κ2) is 8.79. The van der Waals surface area contributed by atoms with E-state index in [9.17, 15) is 34.2 Å². The molecule has 2 aliphatic rings. The van der Waals surface area contributed by atoms with Crippen molar-refractivity contribution in [3.8, 4) is 0 Å². The Morgan fingerprint density at radius 3 is 2.63 bits per heavy atom. The molecule has 3 rings (SSSR count). The average molecular weight is 428 g/mol. The molecule has 0 radical (unpaired) electrons. The largest absolute Gasteiger partial charge is 0.790 e. The van der Waals surface area contributed by atoms with Crippen molar-refractivity contribution in [3.63, 3.8) is 0 Å². The molecule has 27 heavy (non-hydrogen) atoms. The summed E-state index contributed by atoms with van der Waals surface area (Å²) >= 11 is 1.33. The Bertz CT molecular complexity index is 957. The van der Waals surface area contributed by atoms with Crippen LogP contribution in [0.3, 0.4) is 0 Å². The Balaban J connectivity index is 0.00000182. The van der Waals surface area contributed by atoms with E-state index >= 15 is 0 Å². The van der Waals surface area contributed by atoms with Gasteiger partial charge in [0.1, 0.15) is 18.3 Å². The molecule has 154 valence electrons. The van der Waals surface area contributed by atoms with E-state index in [1.165, 1.54) is 11.8 Å². The summed E-state index contributed by atoms with van der Waals surface area (Å²) in [4.78, 5) is 47.3. The lowest BCUT2D eigenvalue weighted by atomic mass is 10.1. The third-order valence-corrected chi connectivity index (χ3v) is 5.01. The van der Waals surface area contributed by atoms with Crippen molar-refractivity contribution in [2.75, 3.05) is 12.4 Å². The van der Waals surface area contributed by atoms with Crippen LogP contribution < -0.4 is 43.9 Å². The summed E-state index contributed by atoms with van der Waals surface area (Å²) in [6, 6.07) is 0. The first kappa shape index (κ1) is 23.7. The van der Waals surface area contributed by atoms with Crippen LogP contribution in [0.5, 0.6) is 0 Å². The second-order valence-corrected chi connectivity index (χ2v) is 7.43. The van der Waals surface area contributed by atoms with Crippen LogP contribution in [0, 0.1) is 0 Å². The number of phosphoric ester groups is 1. The number of phosphoric acid groups is 1. The van der Waals surface area contributed by atoms with Crippen LogP contribution >= 0.6 is 19.6 Å². The number of thioether (sulfide) groups is 1. The van der Waals surface area contributed by atoms with Crippen LogP contribution in [-0.4, -0.2) is 50.4 Å². The van der Waals surface area contributed by atoms with Crippen LogP contribution in [0.1, 0.15) is 6.23 Å². The molecule has 1 saturated heterocycles. The number of quaternary nitrogens is 2. The summed E-state index contributed by atoms with van der Waals surface area (Å²) in [5, 5.41) is 22.1. The van der Waals surface area contributed by atoms with Gasteiger partial charge >= 0.3 is 5.69 Å². The van der Waals surface area contributed by atoms with Crippen molar-refractivity contribution < 1.29 is 33.8 Å². The third-order valence-electron chi connectivity index (χ3n) is 3.78. The number of fused-ring (bicyclic) bond motifs is 1. The lowest BCUT2D eigenvalue weighted by Crippen LogP contribution is -2.56. The van der Waals surface area contributed by atoms with Crippen molar-refractivity contribution in [2.24, 2.45) is 0 Å². The lowest BCUT2D eigenvalue weighted by Gasteiger charge is -2.30. The van der Waals surface area contributed by atoms with E-state index in [0.717, 1.165) is 4.57 Å². The van der Waals surface area contributed by atoms with Gasteiger partial charge in [-0.2, -0.15) is 0 Å². The highest BCUT2D eigenvalue weighted by molar-refractivity contribution is 8.06. The second-order valence-electron chi connectivity index (χ2n) is 5.37. The minimum atomic E-state index is -5.29. The molecule has 2 aliphatic heterocycles. The zero-order chi connectivity index (χ0) is 18.4. The van der Waals surface area contributed by atoms with Gasteiger partial charge in [-0.15, -0.1) is 11.8 Å². The zero-order valence-corrected chi connectivity index (χ0v) is 16.1. The van der Waals surface area contributed by atoms with Gasteiger partial charge in [-0.25, -0.2) is 4.79 Å². The fraction of sp³-hybridized carbons (Fsp3) is 0.500. The Morgan fingerprint density at radius 1 is 1.33 bits per heavy atom. The molecule has 4 atom stereocenters. The Labute approximate surface area is 155 Å². The lowest BCUT2D eigenvalue weighted by molar-refractivity contribution is -0.343. The molecule has 1 fully saturated rings. The molecular formula is C12H21N4O9PS. The van der Waals surface area contributed by atoms with Crippen molar-refractivity contribution in [1.29, 1.82) is 0 Å². The number of hydrogen-bond acceptors (Lipinski definition) is 10. The van der Waals surface area contributed by atoms with Gasteiger partial charge in [-0.05, 0) is 11.5 Å². The monoisotopic (exact) mass is 428 g/mol. The smallest absolute Gasteiger partial charge is 0.331 e. The number of nitrogens with one attached hydrogen (secondary N) is 1. The first-order valence-corrected chi connectivity index (χ1v) is 9.55. The quantitative estimate of drug-likeness (QED) is 0.291. The van der Waals surface area contributed by atoms with Gasteiger partial charge in [0.15, 0.2) is 6.23 Å². The molecule has 0 unspecified atom stereocenters. The molecule has 0 aromatic carbocycles. The number of aromatic nitrogens is 2. The maximum atomic E-state index is 12.2. The SMILES string of the molecule is O=c1[nH]c(=O)n([C@@H]2O[C@H](COP(=O)([O-])[O-])[C@@H](O)[C@H]2O)c2c1=CSCC=2.[NH4+].[NH4+]. The minimum absolute atomic E-state index is 0. The van der Waals surface area contributed by atoms with Gasteiger partial charge < -0.3 is 46.1 Å². The third kappa shape index (κ3) is 4.75. The molecule has 0 saturated carbocycles. The summed E-state index contributed by atoms with van der Waals surface area (Å²) in [6.45, 7) is -0.814. The van der Waals surface area contributed by atoms with Crippen LogP contribution in [0.2, 0.25) is 0 Å². The number of aromatic amines is 1. The van der Waals surface area contributed by atoms with E-state index in [0.29, 0.717) is 5.75 Å². The molecule has 0 spiro atoms. The van der Waals surface area contributed by atoms with Crippen molar-refractivity contribution in [1.82, 2.24) is 21.9 Å². The molecule has 13 nitrogen and oxygen atoms in total. The fourth-order valence-corrected chi connectivity index (χ4v) is 3.73. The highest BCUT2D eigenvalue weighted by atomic mass is 32.2. The molecule has 0 amide bonds. The van der Waals surface area contributed by atoms with E-state index in [-0.39, 0.29) is 22.9 Å². The molecular weight excluding hydrogens is 407 g/mol. The molecule has 0 bridgehead atoms. The van der Waals surface area contributed by atoms with E-state index < -0.39 is 50.2 Å². The van der Waals surface area contributed by atoms with Gasteiger partial charge in [0.05, 0.1) is 25.0 Å². The molecule has 1 aromatic heterocycles. The number of rotatable bonds is 4. The Morgan fingerprint density at radius 2 is 2.00 bits per heavy atom. The van der Waals surface area contributed by atoms with Gasteiger partial charge in [0.25, 0.3) is 5.56 Å². The van der Waals surface area contributed by atoms with E-state index in [4.69, 9.17) is 4.74 Å². The number of aliphatic hydroxyl groups is 2. The number of nitrogens with zero attached hydrogens (tertiary/aromatic N) is 1. The summed E-state index contributed by atoms with van der Waals surface area (Å²) in [6.07, 6.45) is -4.37. The number of hydrogen-bond donors (Lipinski definition) is 5. The Hall–Kier alpha value is -1.32. The zero-order valence-electron chi connectivity index (χ0n) is 14.4. The van der Waals surface area contributed by atoms with Gasteiger partial charge in [0.2, 0.25) is 0 Å². The van der Waals surface area contributed by atoms with Crippen molar-refractivity contribution >= 4 is 31.1 Å². The average Bonchev–Trinajstić information content (AvgIpc) is 2.81. The summed E-state index contributed by atoms with van der Waals surface area (Å²) in [5.41, 5.74) is -1.47. The standard InChI is InChI=1S/C12H15N2O9PS.2H3N/c15-8-7(3-22-24(19,20)21)23-11(9(8)16)14-6-1-2-25-4-5(6)10(17)13-12(14)18;;/h1,4,7-9,11,15-16H,2-3H2,(H,13,17,18)(H2,19,20,21);2*1H3/t7-,8-,9-,11-;;/m1../s1. The maximum Gasteiger partial charge on any atom is 0.331 e. The number of H-pyrrole nitrogens is 1. The van der Waals surface area contributed by atoms with Gasteiger partial charge in [-0.3, -0.25) is 14.3 Å². The molecule has 3 heterocycles. The predicted octanol–water partition coefficient (Wildman–Crippen LogP) is -3.98. The highest BCUT2D eigenvalue weighted by Crippen LogP contribution is 2.31. The van der Waals surface area contributed by atoms with Crippen molar-refractivity contribution in [3.05, 3.63) is 31.4 Å². The molecule has 15 heteroatoms. The maximum absolute atomic E-state index is 12.2. The van der Waals surface area contributed by atoms with Crippen LogP contribution in [0.25, 0.3) is 11.5 Å². The predicted molar refractivity (Wildman–Crippen MR) is 93.4 cm³/mol. The van der Waals surface area contributed by atoms with Gasteiger partial charge in [0, 0.05) is 5.75 Å². The van der Waals surface area contributed by atoms with E-state index in [1.54, 1.807) is 11.5 Å². The summed E-state index contributed by atoms with van der Waals surface area (Å²) in [5.74, 6) is 0.476. The van der Waals surface area contributed by atoms with Gasteiger partial charge in [-0.1, -0.05) is 0 Å². The van der Waals surface area contributed by atoms with Crippen LogP contribution in [-0.2, 0) is 13.8 Å². The highest BCUT2D eigenvalue weighted by Gasteiger charge is 2.44. The first-order chi connectivity index (χ1) is 11.7. The van der Waals surface area contributed by atoms with E-state index in [1.807, 2.05) is 0 Å². The number of ether oxygens (including phenoxy) is 1. The van der Waals surface area contributed by atoms with Crippen molar-refractivity contribution in [2.45, 2.75) is 24.5 Å². The molecule has 0 aliphatic carbocycles. The Kier molecular flexibility index (Phi) is 7.72. The van der Waals surface area contributed by atoms with Crippen LogP contribution in [0.15, 0.2) is 9.59 Å². The fourth-order valence-electron chi connectivity index (χ4n) is 2.66. The molecule has 11 N–H and O–H groups in total. The van der Waals surface area contributed by atoms with E-state index in [2.05, 4.69) is 9.51 Å². The van der Waals surface area contributed by atoms with Crippen LogP contribution in [0.4, 0.5) is 0 Å². The summed E-state index contributed by atoms with van der Waals surface area (Å²) in [7, 11) is -5.29. The minimum Gasteiger partial charge on any atom is -0.790 e. The normalized spacial score (nSPS) is 26.8. The summed E-state index contributed by atoms with van der Waals surface area (Å²) < 4.78 is 20.9. The first-order valence-electron chi connectivity index (χ1n) is 7.04. The molecule has 1 aromatic rings.